The number of amides is 2. The first-order chi connectivity index (χ1) is 20.8. The standard InChI is InChI=1S/C31H32Cl2F3N3O4S/c1-21(30(41)37-24-11-4-2-5-12-24)38(19-22-9-8-10-23(32)17-22)29(40)20-39(44(42,43)26-13-6-3-7-14-26)25-15-16-28(33)27(18-25)31(34,35)36/h3,6-10,13-18,21,24H,2,4-5,11-12,19-20H2,1H3,(H,37,41)/t21-/m0/s1. The monoisotopic (exact) mass is 669 g/mol. The Bertz CT molecular complexity index is 1580. The maximum absolute atomic E-state index is 14.0. The lowest BCUT2D eigenvalue weighted by Crippen LogP contribution is -2.53. The van der Waals surface area contributed by atoms with E-state index in [4.69, 9.17) is 23.2 Å². The fourth-order valence-corrected chi connectivity index (χ4v) is 6.98. The number of halogens is 5. The summed E-state index contributed by atoms with van der Waals surface area (Å²) in [6, 6.07) is 15.2. The third-order valence-electron chi connectivity index (χ3n) is 7.51. The molecule has 1 atom stereocenters. The summed E-state index contributed by atoms with van der Waals surface area (Å²) in [6.45, 7) is 0.532. The highest BCUT2D eigenvalue weighted by molar-refractivity contribution is 7.92. The third kappa shape index (κ3) is 8.25. The summed E-state index contributed by atoms with van der Waals surface area (Å²) in [5.41, 5.74) is -1.10. The van der Waals surface area contributed by atoms with Crippen molar-refractivity contribution in [3.05, 3.63) is 94.0 Å². The molecule has 3 aromatic carbocycles. The molecule has 236 valence electrons. The first kappa shape index (κ1) is 33.6. The fraction of sp³-hybridized carbons (Fsp3) is 0.355. The summed E-state index contributed by atoms with van der Waals surface area (Å²) in [4.78, 5) is 28.4. The lowest BCUT2D eigenvalue weighted by molar-refractivity contribution is -0.139. The number of alkyl halides is 3. The number of hydrogen-bond acceptors (Lipinski definition) is 4. The smallest absolute Gasteiger partial charge is 0.352 e. The van der Waals surface area contributed by atoms with E-state index in [0.29, 0.717) is 21.0 Å². The van der Waals surface area contributed by atoms with Crippen molar-refractivity contribution in [3.8, 4) is 0 Å². The van der Waals surface area contributed by atoms with Gasteiger partial charge in [0.05, 0.1) is 21.2 Å². The molecule has 1 saturated carbocycles. The van der Waals surface area contributed by atoms with E-state index >= 15 is 0 Å². The first-order valence-electron chi connectivity index (χ1n) is 14.1. The molecule has 13 heteroatoms. The molecule has 1 aliphatic rings. The van der Waals surface area contributed by atoms with Gasteiger partial charge in [-0.05, 0) is 67.8 Å². The van der Waals surface area contributed by atoms with Crippen molar-refractivity contribution in [1.82, 2.24) is 10.2 Å². The zero-order chi connectivity index (χ0) is 32.1. The number of hydrogen-bond donors (Lipinski definition) is 1. The largest absolute Gasteiger partial charge is 0.417 e. The predicted octanol–water partition coefficient (Wildman–Crippen LogP) is 7.07. The van der Waals surface area contributed by atoms with Gasteiger partial charge in [0.25, 0.3) is 10.0 Å². The highest BCUT2D eigenvalue weighted by Crippen LogP contribution is 2.38. The lowest BCUT2D eigenvalue weighted by Gasteiger charge is -2.33. The van der Waals surface area contributed by atoms with E-state index in [1.807, 2.05) is 0 Å². The van der Waals surface area contributed by atoms with Crippen LogP contribution < -0.4 is 9.62 Å². The number of benzene rings is 3. The van der Waals surface area contributed by atoms with Crippen molar-refractivity contribution in [3.63, 3.8) is 0 Å². The molecule has 0 heterocycles. The van der Waals surface area contributed by atoms with Crippen LogP contribution in [0.5, 0.6) is 0 Å². The molecule has 0 radical (unpaired) electrons. The number of nitrogens with one attached hydrogen (secondary N) is 1. The van der Waals surface area contributed by atoms with Crippen molar-refractivity contribution in [2.75, 3.05) is 10.8 Å². The molecular weight excluding hydrogens is 638 g/mol. The van der Waals surface area contributed by atoms with Crippen LogP contribution in [0.1, 0.15) is 50.2 Å². The molecule has 44 heavy (non-hydrogen) atoms. The molecular formula is C31H32Cl2F3N3O4S. The molecule has 0 bridgehead atoms. The van der Waals surface area contributed by atoms with Gasteiger partial charge in [-0.25, -0.2) is 8.42 Å². The summed E-state index contributed by atoms with van der Waals surface area (Å²) in [6.07, 6.45) is -0.253. The molecule has 4 rings (SSSR count). The van der Waals surface area contributed by atoms with Gasteiger partial charge in [0.1, 0.15) is 12.6 Å². The van der Waals surface area contributed by atoms with Crippen molar-refractivity contribution in [2.45, 2.75) is 68.7 Å². The highest BCUT2D eigenvalue weighted by Gasteiger charge is 2.37. The SMILES string of the molecule is C[C@@H](C(=O)NC1CCCCC1)N(Cc1cccc(Cl)c1)C(=O)CN(c1ccc(Cl)c(C(F)(F)F)c1)S(=O)(=O)c1ccccc1. The van der Waals surface area contributed by atoms with E-state index < -0.39 is 56.9 Å². The molecule has 1 N–H and O–H groups in total. The third-order valence-corrected chi connectivity index (χ3v) is 9.87. The molecule has 1 fully saturated rings. The number of nitrogens with zero attached hydrogens (tertiary/aromatic N) is 2. The van der Waals surface area contributed by atoms with E-state index in [-0.39, 0.29) is 17.5 Å². The summed E-state index contributed by atoms with van der Waals surface area (Å²) in [5, 5.41) is 2.76. The quantitative estimate of drug-likeness (QED) is 0.250. The van der Waals surface area contributed by atoms with E-state index in [2.05, 4.69) is 5.32 Å². The van der Waals surface area contributed by atoms with E-state index in [1.165, 1.54) is 36.1 Å². The fourth-order valence-electron chi connectivity index (χ4n) is 5.12. The summed E-state index contributed by atoms with van der Waals surface area (Å²) in [5.74, 6) is -1.23. The molecule has 3 aromatic rings. The number of anilines is 1. The molecule has 0 spiro atoms. The number of carbonyl (C=O) groups excluding carboxylic acids is 2. The van der Waals surface area contributed by atoms with Crippen LogP contribution in [-0.4, -0.2) is 43.8 Å². The highest BCUT2D eigenvalue weighted by atomic mass is 35.5. The zero-order valence-corrected chi connectivity index (χ0v) is 26.2. The van der Waals surface area contributed by atoms with Crippen molar-refractivity contribution >= 4 is 50.7 Å². The van der Waals surface area contributed by atoms with E-state index in [1.54, 1.807) is 30.3 Å². The Hall–Kier alpha value is -3.28. The van der Waals surface area contributed by atoms with Crippen LogP contribution in [-0.2, 0) is 32.3 Å². The number of rotatable bonds is 10. The van der Waals surface area contributed by atoms with Gasteiger partial charge in [0.2, 0.25) is 11.8 Å². The molecule has 2 amide bonds. The average molecular weight is 671 g/mol. The molecule has 0 unspecified atom stereocenters. The second-order valence-electron chi connectivity index (χ2n) is 10.7. The van der Waals surface area contributed by atoms with Gasteiger partial charge in [0.15, 0.2) is 0 Å². The Morgan fingerprint density at radius 2 is 1.64 bits per heavy atom. The van der Waals surface area contributed by atoms with Gasteiger partial charge in [0, 0.05) is 17.6 Å². The minimum absolute atomic E-state index is 0.0494. The summed E-state index contributed by atoms with van der Waals surface area (Å²) < 4.78 is 69.6. The van der Waals surface area contributed by atoms with Crippen molar-refractivity contribution in [2.24, 2.45) is 0 Å². The van der Waals surface area contributed by atoms with Crippen molar-refractivity contribution < 1.29 is 31.2 Å². The topological polar surface area (TPSA) is 86.8 Å². The van der Waals surface area contributed by atoms with Gasteiger partial charge in [-0.15, -0.1) is 0 Å². The first-order valence-corrected chi connectivity index (χ1v) is 16.3. The van der Waals surface area contributed by atoms with E-state index in [0.717, 1.165) is 44.2 Å². The van der Waals surface area contributed by atoms with Gasteiger partial charge >= 0.3 is 6.18 Å². The van der Waals surface area contributed by atoms with E-state index in [9.17, 15) is 31.2 Å². The number of sulfonamides is 1. The van der Waals surface area contributed by atoms with Crippen LogP contribution in [0, 0.1) is 0 Å². The van der Waals surface area contributed by atoms with Crippen LogP contribution in [0.15, 0.2) is 77.7 Å². The zero-order valence-electron chi connectivity index (χ0n) is 23.9. The Labute approximate surface area is 265 Å². The number of carbonyl (C=O) groups is 2. The maximum atomic E-state index is 14.0. The summed E-state index contributed by atoms with van der Waals surface area (Å²) >= 11 is 12.0. The predicted molar refractivity (Wildman–Crippen MR) is 164 cm³/mol. The Kier molecular flexibility index (Phi) is 10.9. The van der Waals surface area contributed by atoms with Gasteiger partial charge < -0.3 is 10.2 Å². The maximum Gasteiger partial charge on any atom is 0.417 e. The van der Waals surface area contributed by atoms with Crippen LogP contribution in [0.4, 0.5) is 18.9 Å². The molecule has 1 aliphatic carbocycles. The van der Waals surface area contributed by atoms with Crippen molar-refractivity contribution in [1.29, 1.82) is 0 Å². The van der Waals surface area contributed by atoms with Crippen LogP contribution in [0.3, 0.4) is 0 Å². The molecule has 0 saturated heterocycles. The average Bonchev–Trinajstić information content (AvgIpc) is 2.99. The minimum Gasteiger partial charge on any atom is -0.352 e. The molecule has 0 aliphatic heterocycles. The second kappa shape index (κ2) is 14.2. The van der Waals surface area contributed by atoms with Crippen LogP contribution in [0.2, 0.25) is 10.0 Å². The lowest BCUT2D eigenvalue weighted by atomic mass is 9.95. The Balaban J connectivity index is 1.74. The van der Waals surface area contributed by atoms with Gasteiger partial charge in [-0.1, -0.05) is 72.8 Å². The second-order valence-corrected chi connectivity index (χ2v) is 13.4. The minimum atomic E-state index is -4.89. The normalized spacial score (nSPS) is 15.0. The van der Waals surface area contributed by atoms with Crippen LogP contribution in [0.25, 0.3) is 0 Å². The molecule has 7 nitrogen and oxygen atoms in total. The Morgan fingerprint density at radius 1 is 0.955 bits per heavy atom. The summed E-state index contributed by atoms with van der Waals surface area (Å²) in [7, 11) is -4.55. The Morgan fingerprint density at radius 3 is 2.27 bits per heavy atom. The van der Waals surface area contributed by atoms with Gasteiger partial charge in [-0.3, -0.25) is 13.9 Å². The molecule has 0 aromatic heterocycles. The van der Waals surface area contributed by atoms with Gasteiger partial charge in [-0.2, -0.15) is 13.2 Å². The van der Waals surface area contributed by atoms with Crippen LogP contribution >= 0.6 is 23.2 Å².